The van der Waals surface area contributed by atoms with Crippen LogP contribution in [0.15, 0.2) is 24.3 Å². The highest BCUT2D eigenvalue weighted by Gasteiger charge is 2.07. The van der Waals surface area contributed by atoms with E-state index in [2.05, 4.69) is 16.9 Å². The topological polar surface area (TPSA) is 47.3 Å². The number of aliphatic hydroxyl groups is 1. The van der Waals surface area contributed by atoms with Crippen LogP contribution in [0.5, 0.6) is 5.75 Å². The van der Waals surface area contributed by atoms with E-state index in [-0.39, 0.29) is 19.0 Å². The molecule has 2 rings (SSSR count). The van der Waals surface area contributed by atoms with Crippen molar-refractivity contribution < 1.29 is 14.2 Å². The van der Waals surface area contributed by atoms with Crippen molar-refractivity contribution in [2.75, 3.05) is 6.61 Å². The Morgan fingerprint density at radius 1 is 1.38 bits per heavy atom. The minimum atomic E-state index is -0.376. The van der Waals surface area contributed by atoms with Crippen molar-refractivity contribution in [1.82, 2.24) is 9.78 Å². The molecule has 0 bridgehead atoms. The first-order valence-corrected chi connectivity index (χ1v) is 6.61. The fraction of sp³-hybridized carbons (Fsp3) is 0.312. The predicted molar refractivity (Wildman–Crippen MR) is 77.3 cm³/mol. The van der Waals surface area contributed by atoms with Gasteiger partial charge in [0, 0.05) is 19.5 Å². The van der Waals surface area contributed by atoms with Crippen LogP contribution in [0, 0.1) is 24.6 Å². The van der Waals surface area contributed by atoms with Crippen LogP contribution in [0.2, 0.25) is 0 Å². The number of aryl methyl sites for hydroxylation is 2. The molecule has 0 unspecified atom stereocenters. The van der Waals surface area contributed by atoms with Gasteiger partial charge in [-0.15, -0.1) is 0 Å². The Labute approximate surface area is 123 Å². The Morgan fingerprint density at radius 3 is 2.86 bits per heavy atom. The van der Waals surface area contributed by atoms with Crippen LogP contribution >= 0.6 is 0 Å². The quantitative estimate of drug-likeness (QED) is 0.877. The van der Waals surface area contributed by atoms with Crippen LogP contribution in [0.25, 0.3) is 0 Å². The molecule has 1 N–H and O–H groups in total. The summed E-state index contributed by atoms with van der Waals surface area (Å²) in [5.74, 6) is 5.69. The predicted octanol–water partition coefficient (Wildman–Crippen LogP) is 2.18. The summed E-state index contributed by atoms with van der Waals surface area (Å²) in [6.45, 7) is 2.19. The third-order valence-corrected chi connectivity index (χ3v) is 2.88. The lowest BCUT2D eigenvalue weighted by molar-refractivity contribution is 0.292. The Bertz CT molecular complexity index is 683. The summed E-state index contributed by atoms with van der Waals surface area (Å²) >= 11 is 0. The lowest BCUT2D eigenvalue weighted by atomic mass is 10.2. The van der Waals surface area contributed by atoms with Gasteiger partial charge in [-0.05, 0) is 25.1 Å². The highest BCUT2D eigenvalue weighted by Crippen LogP contribution is 2.20. The molecule has 0 amide bonds. The van der Waals surface area contributed by atoms with E-state index < -0.39 is 0 Å². The number of hydrogen-bond donors (Lipinski definition) is 1. The summed E-state index contributed by atoms with van der Waals surface area (Å²) in [5, 5.41) is 13.0. The van der Waals surface area contributed by atoms with Crippen molar-refractivity contribution >= 4 is 0 Å². The zero-order valence-electron chi connectivity index (χ0n) is 12.1. The number of ether oxygens (including phenoxy) is 1. The molecule has 1 heterocycles. The molecule has 0 saturated carbocycles. The van der Waals surface area contributed by atoms with Crippen molar-refractivity contribution in [3.63, 3.8) is 0 Å². The largest absolute Gasteiger partial charge is 0.486 e. The molecular weight excluding hydrogens is 271 g/mol. The van der Waals surface area contributed by atoms with Gasteiger partial charge in [0.1, 0.15) is 18.2 Å². The molecule has 0 saturated heterocycles. The number of hydrogen-bond acceptors (Lipinski definition) is 3. The SMILES string of the molecule is Cc1cc(COc2cc(F)ccc2C#CCCO)n(C)n1. The minimum Gasteiger partial charge on any atom is -0.486 e. The number of aromatic nitrogens is 2. The van der Waals surface area contributed by atoms with E-state index in [1.165, 1.54) is 12.1 Å². The molecule has 0 aliphatic rings. The molecule has 0 spiro atoms. The van der Waals surface area contributed by atoms with E-state index in [9.17, 15) is 4.39 Å². The fourth-order valence-electron chi connectivity index (χ4n) is 1.88. The van der Waals surface area contributed by atoms with Crippen molar-refractivity contribution in [2.24, 2.45) is 7.05 Å². The summed E-state index contributed by atoms with van der Waals surface area (Å²) < 4.78 is 20.7. The molecule has 0 aliphatic heterocycles. The smallest absolute Gasteiger partial charge is 0.138 e. The maximum atomic E-state index is 13.4. The highest BCUT2D eigenvalue weighted by atomic mass is 19.1. The molecule has 0 atom stereocenters. The van der Waals surface area contributed by atoms with Crippen molar-refractivity contribution in [3.05, 3.63) is 47.0 Å². The number of rotatable bonds is 4. The molecule has 5 heteroatoms. The summed E-state index contributed by atoms with van der Waals surface area (Å²) in [4.78, 5) is 0. The molecule has 1 aromatic carbocycles. The molecular formula is C16H17FN2O2. The Balaban J connectivity index is 2.17. The van der Waals surface area contributed by atoms with Gasteiger partial charge >= 0.3 is 0 Å². The first-order chi connectivity index (χ1) is 10.1. The maximum absolute atomic E-state index is 13.4. The second-order valence-corrected chi connectivity index (χ2v) is 4.61. The van der Waals surface area contributed by atoms with Crippen molar-refractivity contribution in [2.45, 2.75) is 20.0 Å². The van der Waals surface area contributed by atoms with Crippen molar-refractivity contribution in [1.29, 1.82) is 0 Å². The zero-order valence-corrected chi connectivity index (χ0v) is 12.1. The third-order valence-electron chi connectivity index (χ3n) is 2.88. The third kappa shape index (κ3) is 4.07. The lowest BCUT2D eigenvalue weighted by Gasteiger charge is -2.08. The second kappa shape index (κ2) is 6.91. The summed E-state index contributed by atoms with van der Waals surface area (Å²) in [5.41, 5.74) is 2.40. The zero-order chi connectivity index (χ0) is 15.2. The van der Waals surface area contributed by atoms with E-state index >= 15 is 0 Å². The molecule has 0 aliphatic carbocycles. The number of benzene rings is 1. The van der Waals surface area contributed by atoms with E-state index in [1.807, 2.05) is 20.0 Å². The molecule has 0 radical (unpaired) electrons. The second-order valence-electron chi connectivity index (χ2n) is 4.61. The van der Waals surface area contributed by atoms with E-state index in [1.54, 1.807) is 10.7 Å². The highest BCUT2D eigenvalue weighted by molar-refractivity contribution is 5.46. The van der Waals surface area contributed by atoms with Gasteiger partial charge in [0.05, 0.1) is 23.6 Å². The minimum absolute atomic E-state index is 0.00131. The van der Waals surface area contributed by atoms with E-state index in [0.29, 0.717) is 17.7 Å². The molecule has 21 heavy (non-hydrogen) atoms. The fourth-order valence-corrected chi connectivity index (χ4v) is 1.88. The first-order valence-electron chi connectivity index (χ1n) is 6.61. The van der Waals surface area contributed by atoms with Crippen LogP contribution in [-0.4, -0.2) is 21.5 Å². The molecule has 2 aromatic rings. The number of nitrogens with zero attached hydrogens (tertiary/aromatic N) is 2. The van der Waals surface area contributed by atoms with Gasteiger partial charge < -0.3 is 9.84 Å². The summed E-state index contributed by atoms with van der Waals surface area (Å²) in [7, 11) is 1.83. The van der Waals surface area contributed by atoms with Gasteiger partial charge in [0.2, 0.25) is 0 Å². The number of aliphatic hydroxyl groups excluding tert-OH is 1. The monoisotopic (exact) mass is 288 g/mol. The normalized spacial score (nSPS) is 10.1. The van der Waals surface area contributed by atoms with Gasteiger partial charge in [-0.2, -0.15) is 5.10 Å². The molecule has 0 fully saturated rings. The van der Waals surface area contributed by atoms with Crippen LogP contribution in [0.3, 0.4) is 0 Å². The van der Waals surface area contributed by atoms with Crippen LogP contribution in [0.4, 0.5) is 4.39 Å². The Hall–Kier alpha value is -2.32. The van der Waals surface area contributed by atoms with Gasteiger partial charge in [-0.1, -0.05) is 11.8 Å². The average Bonchev–Trinajstić information content (AvgIpc) is 2.77. The average molecular weight is 288 g/mol. The standard InChI is InChI=1S/C16H17FN2O2/c1-12-9-15(19(2)18-12)11-21-16-10-14(17)7-6-13(16)5-3-4-8-20/h6-7,9-10,20H,4,8,11H2,1-2H3. The van der Waals surface area contributed by atoms with E-state index in [4.69, 9.17) is 9.84 Å². The molecule has 110 valence electrons. The number of halogens is 1. The van der Waals surface area contributed by atoms with Gasteiger partial charge in [-0.25, -0.2) is 4.39 Å². The van der Waals surface area contributed by atoms with E-state index in [0.717, 1.165) is 11.4 Å². The van der Waals surface area contributed by atoms with Crippen molar-refractivity contribution in [3.8, 4) is 17.6 Å². The summed E-state index contributed by atoms with van der Waals surface area (Å²) in [6, 6.07) is 6.14. The lowest BCUT2D eigenvalue weighted by Crippen LogP contribution is -2.04. The molecule has 1 aromatic heterocycles. The Kier molecular flexibility index (Phi) is 4.96. The Morgan fingerprint density at radius 2 is 2.19 bits per heavy atom. The van der Waals surface area contributed by atoms with Gasteiger partial charge in [0.15, 0.2) is 0 Å². The molecule has 4 nitrogen and oxygen atoms in total. The van der Waals surface area contributed by atoms with Gasteiger partial charge in [-0.3, -0.25) is 4.68 Å². The van der Waals surface area contributed by atoms with Crippen LogP contribution in [-0.2, 0) is 13.7 Å². The summed E-state index contributed by atoms with van der Waals surface area (Å²) in [6.07, 6.45) is 0.373. The van der Waals surface area contributed by atoms with Gasteiger partial charge in [0.25, 0.3) is 0 Å². The maximum Gasteiger partial charge on any atom is 0.138 e. The first kappa shape index (κ1) is 15.1. The van der Waals surface area contributed by atoms with Crippen LogP contribution < -0.4 is 4.74 Å². The van der Waals surface area contributed by atoms with Crippen LogP contribution in [0.1, 0.15) is 23.4 Å².